The van der Waals surface area contributed by atoms with Crippen molar-refractivity contribution >= 4 is 21.9 Å². The third kappa shape index (κ3) is 1.62. The fraction of sp³-hybridized carbons (Fsp3) is 0. The van der Waals surface area contributed by atoms with Crippen LogP contribution in [0.25, 0.3) is 33.5 Å². The lowest BCUT2D eigenvalue weighted by Crippen LogP contribution is -1.63. The number of fused-ring (bicyclic) bond motifs is 2. The van der Waals surface area contributed by atoms with E-state index in [2.05, 4.69) is 0 Å². The third-order valence-electron chi connectivity index (χ3n) is 3.25. The second-order valence-electron chi connectivity index (χ2n) is 4.67. The van der Waals surface area contributed by atoms with Crippen molar-refractivity contribution in [3.8, 4) is 23.0 Å². The van der Waals surface area contributed by atoms with E-state index in [9.17, 15) is 10.2 Å². The molecular weight excluding hydrogens is 256 g/mol. The van der Waals surface area contributed by atoms with Crippen LogP contribution in [0.5, 0.6) is 11.5 Å². The first-order chi connectivity index (χ1) is 9.69. The number of phenolic OH excluding ortho intramolecular Hbond substituents is 2. The van der Waals surface area contributed by atoms with E-state index < -0.39 is 0 Å². The average molecular weight is 266 g/mol. The Balaban J connectivity index is 1.91. The van der Waals surface area contributed by atoms with Crippen LogP contribution in [0.4, 0.5) is 0 Å². The van der Waals surface area contributed by atoms with Crippen molar-refractivity contribution in [2.45, 2.75) is 0 Å². The summed E-state index contributed by atoms with van der Waals surface area (Å²) in [6.07, 6.45) is 0. The van der Waals surface area contributed by atoms with Crippen molar-refractivity contribution in [3.63, 3.8) is 0 Å². The molecule has 0 saturated heterocycles. The van der Waals surface area contributed by atoms with Crippen molar-refractivity contribution in [1.29, 1.82) is 0 Å². The minimum absolute atomic E-state index is 0.160. The molecule has 0 bridgehead atoms. The first-order valence-corrected chi connectivity index (χ1v) is 6.14. The largest absolute Gasteiger partial charge is 0.508 e. The molecule has 2 N–H and O–H groups in total. The van der Waals surface area contributed by atoms with Gasteiger partial charge in [-0.1, -0.05) is 0 Å². The Kier molecular flexibility index (Phi) is 2.09. The molecule has 0 aliphatic heterocycles. The number of hydrogen-bond donors (Lipinski definition) is 2. The van der Waals surface area contributed by atoms with Gasteiger partial charge in [0.25, 0.3) is 0 Å². The molecule has 0 radical (unpaired) electrons. The molecule has 2 heterocycles. The highest BCUT2D eigenvalue weighted by molar-refractivity contribution is 5.87. The maximum atomic E-state index is 9.46. The Morgan fingerprint density at radius 3 is 2.10 bits per heavy atom. The van der Waals surface area contributed by atoms with Gasteiger partial charge in [-0.2, -0.15) is 0 Å². The van der Waals surface area contributed by atoms with Crippen LogP contribution in [-0.2, 0) is 0 Å². The van der Waals surface area contributed by atoms with Crippen molar-refractivity contribution in [2.75, 3.05) is 0 Å². The summed E-state index contributed by atoms with van der Waals surface area (Å²) < 4.78 is 11.4. The highest BCUT2D eigenvalue weighted by Crippen LogP contribution is 2.34. The van der Waals surface area contributed by atoms with Gasteiger partial charge in [-0.05, 0) is 42.5 Å². The van der Waals surface area contributed by atoms with Crippen molar-refractivity contribution < 1.29 is 19.0 Å². The van der Waals surface area contributed by atoms with Gasteiger partial charge >= 0.3 is 0 Å². The van der Waals surface area contributed by atoms with Crippen LogP contribution in [0, 0.1) is 0 Å². The van der Waals surface area contributed by atoms with E-state index in [1.54, 1.807) is 36.4 Å². The second kappa shape index (κ2) is 3.81. The lowest BCUT2D eigenvalue weighted by Gasteiger charge is -1.90. The summed E-state index contributed by atoms with van der Waals surface area (Å²) in [5.74, 6) is 1.52. The molecule has 4 aromatic rings. The standard InChI is InChI=1S/C16H10O4/c17-11-3-4-13-10(5-11)7-16(19-13)15-6-9-1-2-12(18)8-14(9)20-15/h1-8,17-18H. The summed E-state index contributed by atoms with van der Waals surface area (Å²) in [6, 6.07) is 13.5. The van der Waals surface area contributed by atoms with E-state index in [1.165, 1.54) is 0 Å². The zero-order valence-electron chi connectivity index (χ0n) is 10.3. The smallest absolute Gasteiger partial charge is 0.170 e. The molecular formula is C16H10O4. The van der Waals surface area contributed by atoms with Gasteiger partial charge < -0.3 is 19.0 Å². The van der Waals surface area contributed by atoms with Crippen LogP contribution in [0.15, 0.2) is 57.4 Å². The number of aromatic hydroxyl groups is 2. The Bertz CT molecular complexity index is 852. The molecule has 0 spiro atoms. The van der Waals surface area contributed by atoms with E-state index in [0.29, 0.717) is 22.7 Å². The average Bonchev–Trinajstić information content (AvgIpc) is 3.00. The highest BCUT2D eigenvalue weighted by Gasteiger charge is 2.12. The molecule has 0 aliphatic carbocycles. The summed E-state index contributed by atoms with van der Waals surface area (Å²) in [4.78, 5) is 0. The molecule has 0 atom stereocenters. The first kappa shape index (κ1) is 11.0. The molecule has 4 rings (SSSR count). The predicted octanol–water partition coefficient (Wildman–Crippen LogP) is 4.26. The molecule has 4 nitrogen and oxygen atoms in total. The molecule has 0 amide bonds. The van der Waals surface area contributed by atoms with Crippen molar-refractivity contribution in [2.24, 2.45) is 0 Å². The van der Waals surface area contributed by atoms with E-state index >= 15 is 0 Å². The molecule has 98 valence electrons. The van der Waals surface area contributed by atoms with Crippen LogP contribution in [0.2, 0.25) is 0 Å². The first-order valence-electron chi connectivity index (χ1n) is 6.14. The Labute approximate surface area is 113 Å². The zero-order chi connectivity index (χ0) is 13.7. The molecule has 0 aliphatic rings. The number of hydrogen-bond acceptors (Lipinski definition) is 4. The Hall–Kier alpha value is -2.88. The zero-order valence-corrected chi connectivity index (χ0v) is 10.3. The van der Waals surface area contributed by atoms with Crippen molar-refractivity contribution in [1.82, 2.24) is 0 Å². The second-order valence-corrected chi connectivity index (χ2v) is 4.67. The van der Waals surface area contributed by atoms with Crippen LogP contribution in [0.1, 0.15) is 0 Å². The number of furan rings is 2. The minimum Gasteiger partial charge on any atom is -0.508 e. The summed E-state index contributed by atoms with van der Waals surface area (Å²) >= 11 is 0. The topological polar surface area (TPSA) is 66.7 Å². The number of benzene rings is 2. The molecule has 20 heavy (non-hydrogen) atoms. The van der Waals surface area contributed by atoms with E-state index in [4.69, 9.17) is 8.83 Å². The highest BCUT2D eigenvalue weighted by atomic mass is 16.4. The molecule has 2 aromatic heterocycles. The maximum absolute atomic E-state index is 9.46. The normalized spacial score (nSPS) is 11.4. The summed E-state index contributed by atoms with van der Waals surface area (Å²) in [6.45, 7) is 0. The van der Waals surface area contributed by atoms with E-state index in [-0.39, 0.29) is 11.5 Å². The SMILES string of the molecule is Oc1ccc2oc(-c3cc4ccc(O)cc4o3)cc2c1. The molecule has 2 aromatic carbocycles. The van der Waals surface area contributed by atoms with Gasteiger partial charge in [-0.25, -0.2) is 0 Å². The number of phenols is 2. The fourth-order valence-corrected chi connectivity index (χ4v) is 2.29. The fourth-order valence-electron chi connectivity index (χ4n) is 2.29. The maximum Gasteiger partial charge on any atom is 0.170 e. The minimum atomic E-state index is 0.160. The predicted molar refractivity (Wildman–Crippen MR) is 74.8 cm³/mol. The van der Waals surface area contributed by atoms with Gasteiger partial charge in [-0.15, -0.1) is 0 Å². The van der Waals surface area contributed by atoms with Gasteiger partial charge in [0.15, 0.2) is 11.5 Å². The summed E-state index contributed by atoms with van der Waals surface area (Å²) in [5.41, 5.74) is 1.28. The quantitative estimate of drug-likeness (QED) is 0.540. The third-order valence-corrected chi connectivity index (χ3v) is 3.25. The lowest BCUT2D eigenvalue weighted by molar-refractivity contribution is 0.474. The van der Waals surface area contributed by atoms with Gasteiger partial charge in [0, 0.05) is 16.8 Å². The monoisotopic (exact) mass is 266 g/mol. The van der Waals surface area contributed by atoms with Crippen molar-refractivity contribution in [3.05, 3.63) is 48.5 Å². The Morgan fingerprint density at radius 2 is 1.25 bits per heavy atom. The van der Waals surface area contributed by atoms with E-state index in [1.807, 2.05) is 12.1 Å². The molecule has 0 saturated carbocycles. The van der Waals surface area contributed by atoms with Crippen LogP contribution in [0.3, 0.4) is 0 Å². The van der Waals surface area contributed by atoms with Crippen LogP contribution in [-0.4, -0.2) is 10.2 Å². The van der Waals surface area contributed by atoms with E-state index in [0.717, 1.165) is 10.8 Å². The van der Waals surface area contributed by atoms with Crippen LogP contribution >= 0.6 is 0 Å². The van der Waals surface area contributed by atoms with Gasteiger partial charge in [0.05, 0.1) is 0 Å². The molecule has 0 fully saturated rings. The lowest BCUT2D eigenvalue weighted by atomic mass is 10.2. The summed E-state index contributed by atoms with van der Waals surface area (Å²) in [5, 5.41) is 20.6. The summed E-state index contributed by atoms with van der Waals surface area (Å²) in [7, 11) is 0. The molecule has 0 unspecified atom stereocenters. The number of rotatable bonds is 1. The Morgan fingerprint density at radius 1 is 0.600 bits per heavy atom. The molecule has 4 heteroatoms. The van der Waals surface area contributed by atoms with Gasteiger partial charge in [-0.3, -0.25) is 0 Å². The van der Waals surface area contributed by atoms with Crippen LogP contribution < -0.4 is 0 Å². The van der Waals surface area contributed by atoms with Gasteiger partial charge in [0.2, 0.25) is 0 Å². The van der Waals surface area contributed by atoms with Gasteiger partial charge in [0.1, 0.15) is 22.7 Å².